The lowest BCUT2D eigenvalue weighted by molar-refractivity contribution is -0.169. The van der Waals surface area contributed by atoms with Crippen LogP contribution in [0.3, 0.4) is 0 Å². The number of morpholine rings is 1. The lowest BCUT2D eigenvalue weighted by atomic mass is 9.96. The Balaban J connectivity index is 1.85. The van der Waals surface area contributed by atoms with Crippen LogP contribution in [0.15, 0.2) is 18.5 Å². The number of carbonyl (C=O) groups excluding carboxylic acids is 1. The van der Waals surface area contributed by atoms with Gasteiger partial charge in [0.05, 0.1) is 23.9 Å². The van der Waals surface area contributed by atoms with Crippen molar-refractivity contribution in [2.75, 3.05) is 13.2 Å². The zero-order valence-corrected chi connectivity index (χ0v) is 14.5. The first-order valence-corrected chi connectivity index (χ1v) is 7.91. The molecule has 0 spiro atoms. The van der Waals surface area contributed by atoms with Gasteiger partial charge in [-0.25, -0.2) is 9.67 Å². The van der Waals surface area contributed by atoms with E-state index in [1.54, 1.807) is 17.1 Å². The number of ether oxygens (including phenoxy) is 1. The fraction of sp³-hybridized carbons (Fsp3) is 0.588. The first kappa shape index (κ1) is 15.9. The molecule has 3 heterocycles. The van der Waals surface area contributed by atoms with E-state index in [1.165, 1.54) is 0 Å². The monoisotopic (exact) mass is 316 g/mol. The maximum Gasteiger partial charge on any atom is 0.245 e. The van der Waals surface area contributed by atoms with Crippen LogP contribution in [0.25, 0.3) is 11.0 Å². The second kappa shape index (κ2) is 5.30. The minimum Gasteiger partial charge on any atom is -0.371 e. The van der Waals surface area contributed by atoms with Crippen molar-refractivity contribution < 1.29 is 9.53 Å². The molecule has 0 atom stereocenters. The van der Waals surface area contributed by atoms with Gasteiger partial charge in [-0.3, -0.25) is 4.79 Å². The molecule has 3 rings (SSSR count). The SMILES string of the molecule is Cc1cnc2c(cnn2CC(=O)N2CC(C)(C)OCC2(C)C)c1. The van der Waals surface area contributed by atoms with Crippen LogP contribution >= 0.6 is 0 Å². The van der Waals surface area contributed by atoms with Gasteiger partial charge in [-0.05, 0) is 46.2 Å². The van der Waals surface area contributed by atoms with Gasteiger partial charge in [0.15, 0.2) is 5.65 Å². The Hall–Kier alpha value is -1.95. The summed E-state index contributed by atoms with van der Waals surface area (Å²) >= 11 is 0. The van der Waals surface area contributed by atoms with E-state index < -0.39 is 0 Å². The number of rotatable bonds is 2. The molecule has 6 heteroatoms. The highest BCUT2D eigenvalue weighted by Gasteiger charge is 2.41. The molecule has 0 N–H and O–H groups in total. The Labute approximate surface area is 136 Å². The molecule has 0 aliphatic carbocycles. The average molecular weight is 316 g/mol. The van der Waals surface area contributed by atoms with Crippen LogP contribution in [0.5, 0.6) is 0 Å². The van der Waals surface area contributed by atoms with Crippen LogP contribution in [0.1, 0.15) is 33.3 Å². The summed E-state index contributed by atoms with van der Waals surface area (Å²) in [4.78, 5) is 19.2. The fourth-order valence-corrected chi connectivity index (χ4v) is 2.93. The summed E-state index contributed by atoms with van der Waals surface area (Å²) in [6.45, 7) is 11.4. The summed E-state index contributed by atoms with van der Waals surface area (Å²) in [6, 6.07) is 2.03. The molecule has 2 aromatic heterocycles. The minimum absolute atomic E-state index is 0.0405. The summed E-state index contributed by atoms with van der Waals surface area (Å²) in [5.41, 5.74) is 1.18. The van der Waals surface area contributed by atoms with Crippen LogP contribution in [0.2, 0.25) is 0 Å². The Morgan fingerprint density at radius 2 is 2.04 bits per heavy atom. The van der Waals surface area contributed by atoms with E-state index in [9.17, 15) is 4.79 Å². The summed E-state index contributed by atoms with van der Waals surface area (Å²) in [7, 11) is 0. The maximum absolute atomic E-state index is 12.9. The number of amides is 1. The fourth-order valence-electron chi connectivity index (χ4n) is 2.93. The second-order valence-corrected chi connectivity index (χ2v) is 7.57. The highest BCUT2D eigenvalue weighted by Crippen LogP contribution is 2.28. The molecule has 0 radical (unpaired) electrons. The highest BCUT2D eigenvalue weighted by atomic mass is 16.5. The summed E-state index contributed by atoms with van der Waals surface area (Å²) in [6.07, 6.45) is 3.56. The first-order valence-electron chi connectivity index (χ1n) is 7.91. The van der Waals surface area contributed by atoms with E-state index in [-0.39, 0.29) is 23.6 Å². The smallest absolute Gasteiger partial charge is 0.245 e. The Morgan fingerprint density at radius 1 is 1.30 bits per heavy atom. The van der Waals surface area contributed by atoms with E-state index in [4.69, 9.17) is 4.74 Å². The predicted molar refractivity (Wildman–Crippen MR) is 88.1 cm³/mol. The average Bonchev–Trinajstić information content (AvgIpc) is 2.84. The number of nitrogens with zero attached hydrogens (tertiary/aromatic N) is 4. The van der Waals surface area contributed by atoms with Crippen molar-refractivity contribution in [2.45, 2.75) is 52.3 Å². The normalized spacial score (nSPS) is 20.0. The van der Waals surface area contributed by atoms with Crippen LogP contribution < -0.4 is 0 Å². The molecular weight excluding hydrogens is 292 g/mol. The molecule has 1 amide bonds. The third kappa shape index (κ3) is 3.08. The Kier molecular flexibility index (Phi) is 3.67. The van der Waals surface area contributed by atoms with Crippen LogP contribution in [0.4, 0.5) is 0 Å². The lowest BCUT2D eigenvalue weighted by Gasteiger charge is -2.48. The van der Waals surface area contributed by atoms with Crippen LogP contribution in [-0.2, 0) is 16.1 Å². The summed E-state index contributed by atoms with van der Waals surface area (Å²) < 4.78 is 7.53. The summed E-state index contributed by atoms with van der Waals surface area (Å²) in [5, 5.41) is 5.29. The number of aromatic nitrogens is 3. The first-order chi connectivity index (χ1) is 10.7. The maximum atomic E-state index is 12.9. The van der Waals surface area contributed by atoms with Crippen LogP contribution in [-0.4, -0.2) is 49.9 Å². The highest BCUT2D eigenvalue weighted by molar-refractivity contribution is 5.80. The largest absolute Gasteiger partial charge is 0.371 e. The number of fused-ring (bicyclic) bond motifs is 1. The van der Waals surface area contributed by atoms with Crippen LogP contribution in [0, 0.1) is 6.92 Å². The van der Waals surface area contributed by atoms with Gasteiger partial charge in [0, 0.05) is 18.1 Å². The number of aryl methyl sites for hydroxylation is 1. The number of carbonyl (C=O) groups is 1. The molecule has 1 aliphatic heterocycles. The Bertz CT molecular complexity index is 748. The van der Waals surface area contributed by atoms with Gasteiger partial charge in [0.25, 0.3) is 0 Å². The van der Waals surface area contributed by atoms with Gasteiger partial charge in [0.2, 0.25) is 5.91 Å². The molecule has 0 aromatic carbocycles. The van der Waals surface area contributed by atoms with Crippen molar-refractivity contribution in [3.63, 3.8) is 0 Å². The van der Waals surface area contributed by atoms with E-state index >= 15 is 0 Å². The number of hydrogen-bond acceptors (Lipinski definition) is 4. The molecule has 1 aliphatic rings. The van der Waals surface area contributed by atoms with E-state index in [0.29, 0.717) is 13.2 Å². The quantitative estimate of drug-likeness (QED) is 0.852. The van der Waals surface area contributed by atoms with Gasteiger partial charge in [-0.1, -0.05) is 0 Å². The predicted octanol–water partition coefficient (Wildman–Crippen LogP) is 2.16. The van der Waals surface area contributed by atoms with Gasteiger partial charge in [0.1, 0.15) is 6.54 Å². The van der Waals surface area contributed by atoms with Crippen molar-refractivity contribution in [3.8, 4) is 0 Å². The van der Waals surface area contributed by atoms with E-state index in [1.807, 2.05) is 45.6 Å². The molecule has 2 aromatic rings. The minimum atomic E-state index is -0.327. The molecule has 124 valence electrons. The standard InChI is InChI=1S/C17H24N4O2/c1-12-6-13-8-19-21(15(13)18-7-12)9-14(22)20-10-17(4,5)23-11-16(20,2)3/h6-8H,9-11H2,1-5H3. The zero-order valence-electron chi connectivity index (χ0n) is 14.5. The number of hydrogen-bond donors (Lipinski definition) is 0. The molecule has 6 nitrogen and oxygen atoms in total. The van der Waals surface area contributed by atoms with E-state index in [0.717, 1.165) is 16.6 Å². The third-order valence-electron chi connectivity index (χ3n) is 4.28. The van der Waals surface area contributed by atoms with Crippen molar-refractivity contribution in [1.29, 1.82) is 0 Å². The van der Waals surface area contributed by atoms with Crippen molar-refractivity contribution in [1.82, 2.24) is 19.7 Å². The Morgan fingerprint density at radius 3 is 2.78 bits per heavy atom. The number of pyridine rings is 1. The topological polar surface area (TPSA) is 60.2 Å². The van der Waals surface area contributed by atoms with Crippen molar-refractivity contribution in [3.05, 3.63) is 24.0 Å². The van der Waals surface area contributed by atoms with Gasteiger partial charge in [-0.15, -0.1) is 0 Å². The zero-order chi connectivity index (χ0) is 16.8. The summed E-state index contributed by atoms with van der Waals surface area (Å²) in [5.74, 6) is 0.0405. The molecule has 1 saturated heterocycles. The molecule has 0 bridgehead atoms. The third-order valence-corrected chi connectivity index (χ3v) is 4.28. The molecule has 0 unspecified atom stereocenters. The van der Waals surface area contributed by atoms with Gasteiger partial charge in [-0.2, -0.15) is 5.10 Å². The second-order valence-electron chi connectivity index (χ2n) is 7.57. The van der Waals surface area contributed by atoms with E-state index in [2.05, 4.69) is 10.1 Å². The molecule has 0 saturated carbocycles. The van der Waals surface area contributed by atoms with Gasteiger partial charge >= 0.3 is 0 Å². The van der Waals surface area contributed by atoms with Crippen molar-refractivity contribution >= 4 is 16.9 Å². The molecule has 1 fully saturated rings. The molecule has 23 heavy (non-hydrogen) atoms. The lowest BCUT2D eigenvalue weighted by Crippen LogP contribution is -2.62. The van der Waals surface area contributed by atoms with Gasteiger partial charge < -0.3 is 9.64 Å². The van der Waals surface area contributed by atoms with Crippen molar-refractivity contribution in [2.24, 2.45) is 0 Å². The molecular formula is C17H24N4O2.